The molecule has 0 unspecified atom stereocenters. The number of benzene rings is 1. The molecule has 3 rings (SSSR count). The minimum atomic E-state index is -0.0531. The second-order valence-corrected chi connectivity index (χ2v) is 8.02. The van der Waals surface area contributed by atoms with E-state index in [9.17, 15) is 0 Å². The molecule has 0 aliphatic carbocycles. The normalized spacial score (nSPS) is 14.3. The van der Waals surface area contributed by atoms with Crippen molar-refractivity contribution in [1.29, 1.82) is 0 Å². The summed E-state index contributed by atoms with van der Waals surface area (Å²) in [6.45, 7) is 6.25. The Morgan fingerprint density at radius 2 is 1.81 bits per heavy atom. The molecule has 0 saturated heterocycles. The molecule has 0 bridgehead atoms. The lowest BCUT2D eigenvalue weighted by Crippen LogP contribution is -2.21. The van der Waals surface area contributed by atoms with E-state index in [1.54, 1.807) is 11.3 Å². The van der Waals surface area contributed by atoms with Crippen LogP contribution in [0.3, 0.4) is 0 Å². The molecule has 5 heteroatoms. The van der Waals surface area contributed by atoms with Crippen LogP contribution in [0.5, 0.6) is 5.75 Å². The molecule has 31 heavy (non-hydrogen) atoms. The number of nitrogens with zero attached hydrogens (tertiary/aromatic N) is 2. The minimum absolute atomic E-state index is 0.0531. The third kappa shape index (κ3) is 7.91. The van der Waals surface area contributed by atoms with Crippen molar-refractivity contribution in [2.45, 2.75) is 71.5 Å². The Hall–Kier alpha value is -2.53. The molecule has 2 aromatic rings. The maximum absolute atomic E-state index is 6.00. The maximum atomic E-state index is 6.00. The molecule has 1 aromatic heterocycles. The zero-order chi connectivity index (χ0) is 21.7. The second-order valence-electron chi connectivity index (χ2n) is 8.02. The Morgan fingerprint density at radius 1 is 1.03 bits per heavy atom. The van der Waals surface area contributed by atoms with Crippen LogP contribution in [-0.2, 0) is 16.2 Å². The van der Waals surface area contributed by atoms with Crippen molar-refractivity contribution in [1.82, 2.24) is 4.98 Å². The predicted molar refractivity (Wildman–Crippen MR) is 125 cm³/mol. The van der Waals surface area contributed by atoms with E-state index >= 15 is 0 Å². The quantitative estimate of drug-likeness (QED) is 0.326. The zero-order valence-electron chi connectivity index (χ0n) is 19.0. The van der Waals surface area contributed by atoms with E-state index in [0.29, 0.717) is 13.2 Å². The first-order chi connectivity index (χ1) is 15.3. The van der Waals surface area contributed by atoms with E-state index in [4.69, 9.17) is 14.3 Å². The van der Waals surface area contributed by atoms with Crippen LogP contribution in [0.15, 0.2) is 60.5 Å². The van der Waals surface area contributed by atoms with E-state index in [-0.39, 0.29) is 6.10 Å². The van der Waals surface area contributed by atoms with Crippen molar-refractivity contribution >= 4 is 5.82 Å². The zero-order valence-corrected chi connectivity index (χ0v) is 19.0. The van der Waals surface area contributed by atoms with E-state index < -0.39 is 0 Å². The van der Waals surface area contributed by atoms with Crippen LogP contribution in [0.1, 0.15) is 64.4 Å². The summed E-state index contributed by atoms with van der Waals surface area (Å²) in [4.78, 5) is 10.4. The third-order valence-corrected chi connectivity index (χ3v) is 5.41. The minimum Gasteiger partial charge on any atom is -0.489 e. The molecule has 1 aliphatic rings. The highest BCUT2D eigenvalue weighted by molar-refractivity contribution is 5.43. The molecule has 168 valence electrons. The topological polar surface area (TPSA) is 43.8 Å². The van der Waals surface area contributed by atoms with Gasteiger partial charge >= 0.3 is 0 Å². The fraction of sp³-hybridized carbons (Fsp3) is 0.500. The Bertz CT molecular complexity index is 794. The van der Waals surface area contributed by atoms with Crippen molar-refractivity contribution < 1.29 is 14.3 Å². The summed E-state index contributed by atoms with van der Waals surface area (Å²) in [5.41, 5.74) is 1.13. The molecule has 0 amide bonds. The highest BCUT2D eigenvalue weighted by atomic mass is 16.7. The van der Waals surface area contributed by atoms with Gasteiger partial charge in [-0.15, -0.1) is 0 Å². The summed E-state index contributed by atoms with van der Waals surface area (Å²) in [6.07, 6.45) is 12.8. The second kappa shape index (κ2) is 13.0. The lowest BCUT2D eigenvalue weighted by Gasteiger charge is -2.20. The fourth-order valence-electron chi connectivity index (χ4n) is 3.52. The molecule has 0 radical (unpaired) electrons. The average molecular weight is 425 g/mol. The molecule has 1 aliphatic heterocycles. The summed E-state index contributed by atoms with van der Waals surface area (Å²) in [7, 11) is 0. The number of hydrogen-bond acceptors (Lipinski definition) is 5. The summed E-state index contributed by atoms with van der Waals surface area (Å²) < 4.78 is 11.9. The average Bonchev–Trinajstić information content (AvgIpc) is 3.31. The molecular weight excluding hydrogens is 388 g/mol. The Morgan fingerprint density at radius 3 is 2.61 bits per heavy atom. The van der Waals surface area contributed by atoms with Crippen LogP contribution in [0.25, 0.3) is 0 Å². The first kappa shape index (κ1) is 23.1. The molecule has 0 spiro atoms. The van der Waals surface area contributed by atoms with Crippen molar-refractivity contribution in [2.24, 2.45) is 0 Å². The van der Waals surface area contributed by atoms with E-state index in [2.05, 4.69) is 30.1 Å². The fourth-order valence-corrected chi connectivity index (χ4v) is 3.52. The number of ether oxygens (including phenoxy) is 2. The number of pyridine rings is 1. The van der Waals surface area contributed by atoms with Crippen LogP contribution in [0, 0.1) is 0 Å². The lowest BCUT2D eigenvalue weighted by molar-refractivity contribution is 0.0399. The molecule has 1 aromatic carbocycles. The van der Waals surface area contributed by atoms with Gasteiger partial charge in [0.2, 0.25) is 0 Å². The smallest absolute Gasteiger partial charge is 0.167 e. The lowest BCUT2D eigenvalue weighted by atomic mass is 10.1. The van der Waals surface area contributed by atoms with Gasteiger partial charge in [-0.2, -0.15) is 5.06 Å². The summed E-state index contributed by atoms with van der Waals surface area (Å²) in [6, 6.07) is 13.9. The van der Waals surface area contributed by atoms with Crippen molar-refractivity contribution in [2.75, 3.05) is 18.2 Å². The van der Waals surface area contributed by atoms with Gasteiger partial charge in [0.25, 0.3) is 0 Å². The van der Waals surface area contributed by atoms with Gasteiger partial charge in [0.05, 0.1) is 6.54 Å². The Balaban J connectivity index is 1.37. The number of hydrogen-bond donors (Lipinski definition) is 0. The molecule has 5 nitrogen and oxygen atoms in total. The van der Waals surface area contributed by atoms with Gasteiger partial charge in [0, 0.05) is 18.9 Å². The largest absolute Gasteiger partial charge is 0.489 e. The van der Waals surface area contributed by atoms with E-state index in [0.717, 1.165) is 35.9 Å². The number of hydroxylamine groups is 1. The van der Waals surface area contributed by atoms with E-state index in [1.165, 1.54) is 38.5 Å². The predicted octanol–water partition coefficient (Wildman–Crippen LogP) is 6.45. The summed E-state index contributed by atoms with van der Waals surface area (Å²) in [5.74, 6) is 2.35. The van der Waals surface area contributed by atoms with Crippen molar-refractivity contribution in [3.8, 4) is 5.75 Å². The first-order valence-corrected chi connectivity index (χ1v) is 11.7. The maximum Gasteiger partial charge on any atom is 0.167 e. The van der Waals surface area contributed by atoms with Gasteiger partial charge in [-0.25, -0.2) is 4.98 Å². The standard InChI is InChI=1S/C26H36N2O3/c1-3-4-5-6-7-8-12-19-29-22(2)25-16-18-28(31-25)26-20-24(15-17-27-26)30-21-23-13-10-9-11-14-23/h9-11,13-17,20,22H,3-8,12,18-19,21H2,1-2H3/t22-/m1/s1. The summed E-state index contributed by atoms with van der Waals surface area (Å²) >= 11 is 0. The molecule has 1 atom stereocenters. The van der Waals surface area contributed by atoms with E-state index in [1.807, 2.05) is 37.3 Å². The molecular formula is C26H36N2O3. The van der Waals surface area contributed by atoms with Gasteiger partial charge in [-0.3, -0.25) is 0 Å². The highest BCUT2D eigenvalue weighted by Gasteiger charge is 2.23. The molecule has 0 N–H and O–H groups in total. The highest BCUT2D eigenvalue weighted by Crippen LogP contribution is 2.25. The SMILES string of the molecule is CCCCCCCCCO[C@H](C)C1=CCN(c2cc(OCc3ccccc3)ccn2)O1. The molecule has 0 fully saturated rings. The van der Waals surface area contributed by atoms with Crippen LogP contribution in [0.2, 0.25) is 0 Å². The van der Waals surface area contributed by atoms with Crippen LogP contribution in [-0.4, -0.2) is 24.2 Å². The number of anilines is 1. The first-order valence-electron chi connectivity index (χ1n) is 11.7. The molecule has 0 saturated carbocycles. The van der Waals surface area contributed by atoms with Crippen LogP contribution < -0.4 is 9.80 Å². The van der Waals surface area contributed by atoms with Crippen LogP contribution >= 0.6 is 0 Å². The van der Waals surface area contributed by atoms with Gasteiger partial charge in [0.1, 0.15) is 18.5 Å². The van der Waals surface area contributed by atoms with Crippen molar-refractivity contribution in [3.63, 3.8) is 0 Å². The number of unbranched alkanes of at least 4 members (excludes halogenated alkanes) is 6. The summed E-state index contributed by atoms with van der Waals surface area (Å²) in [5, 5.41) is 1.78. The number of rotatable bonds is 14. The Kier molecular flexibility index (Phi) is 9.71. The third-order valence-electron chi connectivity index (χ3n) is 5.41. The van der Waals surface area contributed by atoms with Crippen molar-refractivity contribution in [3.05, 3.63) is 66.1 Å². The number of aromatic nitrogens is 1. The Labute approximate surface area is 187 Å². The van der Waals surface area contributed by atoms with Gasteiger partial charge in [0.15, 0.2) is 11.6 Å². The monoisotopic (exact) mass is 424 g/mol. The van der Waals surface area contributed by atoms with Gasteiger partial charge in [-0.1, -0.05) is 75.8 Å². The van der Waals surface area contributed by atoms with Gasteiger partial charge in [-0.05, 0) is 31.1 Å². The molecule has 2 heterocycles. The van der Waals surface area contributed by atoms with Gasteiger partial charge < -0.3 is 14.3 Å². The van der Waals surface area contributed by atoms with Crippen LogP contribution in [0.4, 0.5) is 5.82 Å².